The van der Waals surface area contributed by atoms with Gasteiger partial charge < -0.3 is 5.73 Å². The number of carbonyl (C=O) groups excluding carboxylic acids is 1. The number of carbonyl (C=O) groups is 1. The molecule has 0 spiro atoms. The summed E-state index contributed by atoms with van der Waals surface area (Å²) in [6.45, 7) is 2.17. The number of hydrogen-bond donors (Lipinski definition) is 1. The molecule has 0 aromatic rings. The van der Waals surface area contributed by atoms with Crippen molar-refractivity contribution >= 4 is 35.5 Å². The van der Waals surface area contributed by atoms with Gasteiger partial charge in [-0.2, -0.15) is 0 Å². The molecular formula is C8H17NNaOZn. The fraction of sp³-hybridized carbons (Fsp3) is 0.875. The van der Waals surface area contributed by atoms with Crippen molar-refractivity contribution in [3.63, 3.8) is 0 Å². The van der Waals surface area contributed by atoms with Crippen LogP contribution in [0.4, 0.5) is 0 Å². The van der Waals surface area contributed by atoms with Crippen molar-refractivity contribution < 1.29 is 24.3 Å². The molecule has 63 valence electrons. The van der Waals surface area contributed by atoms with Gasteiger partial charge in [-0.15, -0.1) is 0 Å². The SMILES string of the molecule is CCCCCCCC(N)=O.[Na].[Zn]. The standard InChI is InChI=1S/C8H17NO.Na.Zn/c1-2-3-4-5-6-7-8(9)10;;/h2-7H2,1H3,(H2,9,10);;. The first-order valence-corrected chi connectivity index (χ1v) is 4.05. The third-order valence-corrected chi connectivity index (χ3v) is 1.53. The molecule has 0 saturated carbocycles. The fourth-order valence-corrected chi connectivity index (χ4v) is 0.903. The number of hydrogen-bond acceptors (Lipinski definition) is 1. The van der Waals surface area contributed by atoms with Crippen LogP contribution in [0, 0.1) is 0 Å². The predicted molar refractivity (Wildman–Crippen MR) is 48.3 cm³/mol. The van der Waals surface area contributed by atoms with Crippen LogP contribution in [0.2, 0.25) is 0 Å². The molecule has 0 aliphatic carbocycles. The molecule has 2 N–H and O–H groups in total. The van der Waals surface area contributed by atoms with E-state index in [1.165, 1.54) is 19.3 Å². The quantitative estimate of drug-likeness (QED) is 0.546. The van der Waals surface area contributed by atoms with Crippen molar-refractivity contribution in [1.29, 1.82) is 0 Å². The average molecular weight is 232 g/mol. The van der Waals surface area contributed by atoms with Crippen molar-refractivity contribution in [2.75, 3.05) is 0 Å². The molecule has 1 radical (unpaired) electrons. The molecule has 0 atom stereocenters. The largest absolute Gasteiger partial charge is 0.370 e. The Balaban J connectivity index is -0.000000405. The summed E-state index contributed by atoms with van der Waals surface area (Å²) in [5.74, 6) is -0.170. The summed E-state index contributed by atoms with van der Waals surface area (Å²) < 4.78 is 0. The van der Waals surface area contributed by atoms with E-state index < -0.39 is 0 Å². The van der Waals surface area contributed by atoms with Gasteiger partial charge in [-0.1, -0.05) is 32.6 Å². The van der Waals surface area contributed by atoms with E-state index in [-0.39, 0.29) is 54.9 Å². The van der Waals surface area contributed by atoms with Gasteiger partial charge in [0.25, 0.3) is 0 Å². The zero-order valence-electron chi connectivity index (χ0n) is 8.44. The van der Waals surface area contributed by atoms with E-state index in [4.69, 9.17) is 5.73 Å². The Morgan fingerprint density at radius 1 is 1.17 bits per heavy atom. The van der Waals surface area contributed by atoms with Gasteiger partial charge in [-0.25, -0.2) is 0 Å². The minimum atomic E-state index is -0.170. The maximum Gasteiger partial charge on any atom is 0.217 e. The third kappa shape index (κ3) is 17.3. The van der Waals surface area contributed by atoms with Crippen molar-refractivity contribution in [2.24, 2.45) is 5.73 Å². The third-order valence-electron chi connectivity index (χ3n) is 1.53. The molecule has 12 heavy (non-hydrogen) atoms. The second kappa shape index (κ2) is 14.6. The summed E-state index contributed by atoms with van der Waals surface area (Å²) in [4.78, 5) is 10.3. The normalized spacial score (nSPS) is 8.08. The molecule has 0 bridgehead atoms. The summed E-state index contributed by atoms with van der Waals surface area (Å²) in [5.41, 5.74) is 4.97. The minimum Gasteiger partial charge on any atom is -0.370 e. The van der Waals surface area contributed by atoms with Gasteiger partial charge in [-0.3, -0.25) is 4.79 Å². The van der Waals surface area contributed by atoms with E-state index >= 15 is 0 Å². The van der Waals surface area contributed by atoms with Crippen LogP contribution >= 0.6 is 0 Å². The van der Waals surface area contributed by atoms with Gasteiger partial charge in [0.15, 0.2) is 0 Å². The van der Waals surface area contributed by atoms with Crippen molar-refractivity contribution in [1.82, 2.24) is 0 Å². The Kier molecular flexibility index (Phi) is 22.9. The molecule has 0 heterocycles. The second-order valence-corrected chi connectivity index (χ2v) is 2.63. The molecule has 4 heteroatoms. The van der Waals surface area contributed by atoms with Crippen molar-refractivity contribution in [2.45, 2.75) is 45.4 Å². The molecule has 0 aromatic carbocycles. The number of amides is 1. The minimum absolute atomic E-state index is 0. The van der Waals surface area contributed by atoms with Crippen LogP contribution in [0.1, 0.15) is 45.4 Å². The molecule has 0 unspecified atom stereocenters. The first kappa shape index (κ1) is 18.8. The molecule has 0 saturated heterocycles. The fourth-order valence-electron chi connectivity index (χ4n) is 0.903. The Morgan fingerprint density at radius 3 is 2.08 bits per heavy atom. The summed E-state index contributed by atoms with van der Waals surface area (Å²) in [5, 5.41) is 0. The van der Waals surface area contributed by atoms with Gasteiger partial charge in [0, 0.05) is 55.5 Å². The molecule has 0 aromatic heterocycles. The first-order valence-electron chi connectivity index (χ1n) is 4.05. The molecule has 0 aliphatic heterocycles. The van der Waals surface area contributed by atoms with Crippen molar-refractivity contribution in [3.8, 4) is 0 Å². The average Bonchev–Trinajstić information content (AvgIpc) is 1.87. The zero-order valence-corrected chi connectivity index (χ0v) is 13.4. The van der Waals surface area contributed by atoms with E-state index in [2.05, 4.69) is 6.92 Å². The summed E-state index contributed by atoms with van der Waals surface area (Å²) >= 11 is 0. The number of rotatable bonds is 6. The monoisotopic (exact) mass is 230 g/mol. The van der Waals surface area contributed by atoms with Gasteiger partial charge in [0.2, 0.25) is 5.91 Å². The van der Waals surface area contributed by atoms with E-state index in [0.717, 1.165) is 12.8 Å². The summed E-state index contributed by atoms with van der Waals surface area (Å²) in [6, 6.07) is 0. The summed E-state index contributed by atoms with van der Waals surface area (Å²) in [7, 11) is 0. The predicted octanol–water partition coefficient (Wildman–Crippen LogP) is 1.45. The Hall–Kier alpha value is 1.09. The van der Waals surface area contributed by atoms with E-state index in [1.807, 2.05) is 0 Å². The van der Waals surface area contributed by atoms with Crippen LogP contribution in [0.5, 0.6) is 0 Å². The van der Waals surface area contributed by atoms with E-state index in [1.54, 1.807) is 0 Å². The van der Waals surface area contributed by atoms with Crippen LogP contribution in [0.15, 0.2) is 0 Å². The first-order chi connectivity index (χ1) is 4.77. The van der Waals surface area contributed by atoms with Crippen molar-refractivity contribution in [3.05, 3.63) is 0 Å². The summed E-state index contributed by atoms with van der Waals surface area (Å²) in [6.07, 6.45) is 6.44. The van der Waals surface area contributed by atoms with Crippen LogP contribution in [0.3, 0.4) is 0 Å². The van der Waals surface area contributed by atoms with Gasteiger partial charge in [-0.05, 0) is 6.42 Å². The van der Waals surface area contributed by atoms with Gasteiger partial charge >= 0.3 is 0 Å². The molecule has 1 amide bonds. The van der Waals surface area contributed by atoms with Crippen LogP contribution in [0.25, 0.3) is 0 Å². The van der Waals surface area contributed by atoms with Crippen LogP contribution in [-0.4, -0.2) is 35.5 Å². The maximum atomic E-state index is 10.3. The Labute approximate surface area is 110 Å². The zero-order chi connectivity index (χ0) is 7.82. The smallest absolute Gasteiger partial charge is 0.217 e. The Bertz CT molecular complexity index is 101. The number of nitrogens with two attached hydrogens (primary N) is 1. The van der Waals surface area contributed by atoms with E-state index in [0.29, 0.717) is 6.42 Å². The number of primary amides is 1. The molecular weight excluding hydrogens is 214 g/mol. The Morgan fingerprint density at radius 2 is 1.67 bits per heavy atom. The topological polar surface area (TPSA) is 43.1 Å². The second-order valence-electron chi connectivity index (χ2n) is 2.63. The molecule has 2 nitrogen and oxygen atoms in total. The number of unbranched alkanes of at least 4 members (excludes halogenated alkanes) is 4. The van der Waals surface area contributed by atoms with E-state index in [9.17, 15) is 4.79 Å². The van der Waals surface area contributed by atoms with Gasteiger partial charge in [0.05, 0.1) is 0 Å². The molecule has 0 aliphatic rings. The maximum absolute atomic E-state index is 10.3. The molecule has 0 rings (SSSR count). The molecule has 0 fully saturated rings. The van der Waals surface area contributed by atoms with Crippen LogP contribution < -0.4 is 5.73 Å². The van der Waals surface area contributed by atoms with Gasteiger partial charge in [0.1, 0.15) is 0 Å². The van der Waals surface area contributed by atoms with Crippen LogP contribution in [-0.2, 0) is 24.3 Å².